The number of amides is 2. The lowest BCUT2D eigenvalue weighted by molar-refractivity contribution is -0.126. The average Bonchev–Trinajstić information content (AvgIpc) is 3.38. The number of thiazole rings is 1. The van der Waals surface area contributed by atoms with Gasteiger partial charge in [0.1, 0.15) is 6.04 Å². The van der Waals surface area contributed by atoms with Crippen LogP contribution in [0.1, 0.15) is 109 Å². The Morgan fingerprint density at radius 1 is 0.930 bits per heavy atom. The molecule has 0 aromatic carbocycles. The van der Waals surface area contributed by atoms with E-state index in [2.05, 4.69) is 104 Å². The Balaban J connectivity index is 1.66. The first-order valence-electron chi connectivity index (χ1n) is 16.5. The molecular formula is C36H56N4O2S. The second-order valence-corrected chi connectivity index (χ2v) is 12.7. The van der Waals surface area contributed by atoms with E-state index in [0.717, 1.165) is 82.9 Å². The molecule has 43 heavy (non-hydrogen) atoms. The molecule has 0 fully saturated rings. The van der Waals surface area contributed by atoms with Crippen molar-refractivity contribution in [2.24, 2.45) is 5.92 Å². The molecule has 1 aromatic heterocycles. The van der Waals surface area contributed by atoms with Crippen molar-refractivity contribution in [3.8, 4) is 0 Å². The third kappa shape index (κ3) is 16.6. The van der Waals surface area contributed by atoms with E-state index in [4.69, 9.17) is 4.98 Å². The number of carbonyl (C=O) groups is 2. The predicted octanol–water partition coefficient (Wildman–Crippen LogP) is 8.39. The molecule has 1 aliphatic rings. The highest BCUT2D eigenvalue weighted by atomic mass is 32.1. The third-order valence-electron chi connectivity index (χ3n) is 7.14. The van der Waals surface area contributed by atoms with Crippen molar-refractivity contribution in [2.75, 3.05) is 11.9 Å². The fourth-order valence-corrected chi connectivity index (χ4v) is 5.95. The average molecular weight is 609 g/mol. The number of carbonyl (C=O) groups excluding carboxylic acids is 2. The summed E-state index contributed by atoms with van der Waals surface area (Å²) < 4.78 is 0. The number of aryl methyl sites for hydroxylation is 1. The normalized spacial score (nSPS) is 16.3. The van der Waals surface area contributed by atoms with Gasteiger partial charge in [-0.15, -0.1) is 11.3 Å². The summed E-state index contributed by atoms with van der Waals surface area (Å²) in [6, 6.07) is -0.0693. The van der Waals surface area contributed by atoms with Crippen LogP contribution in [-0.4, -0.2) is 35.4 Å². The Morgan fingerprint density at radius 3 is 2.16 bits per heavy atom. The molecule has 3 N–H and O–H groups in total. The molecule has 0 radical (unpaired) electrons. The quantitative estimate of drug-likeness (QED) is 0.0967. The lowest BCUT2D eigenvalue weighted by Crippen LogP contribution is -2.44. The van der Waals surface area contributed by atoms with Gasteiger partial charge in [0.2, 0.25) is 11.8 Å². The van der Waals surface area contributed by atoms with Crippen molar-refractivity contribution in [2.45, 2.75) is 123 Å². The van der Waals surface area contributed by atoms with Gasteiger partial charge in [0.25, 0.3) is 0 Å². The van der Waals surface area contributed by atoms with Crippen molar-refractivity contribution in [1.29, 1.82) is 0 Å². The monoisotopic (exact) mass is 608 g/mol. The molecule has 2 atom stereocenters. The van der Waals surface area contributed by atoms with Gasteiger partial charge in [-0.1, -0.05) is 88.5 Å². The Labute approximate surface area is 265 Å². The van der Waals surface area contributed by atoms with Crippen molar-refractivity contribution in [3.05, 3.63) is 71.3 Å². The second kappa shape index (κ2) is 22.7. The SMILES string of the molecule is CCC=CCC=CCC=CCC=CCC=CCCCC(=O)NC(CC(C)C)C(=O)Nc1nc2c(s1)CC(NCCC)CC2. The summed E-state index contributed by atoms with van der Waals surface area (Å²) in [7, 11) is 0. The van der Waals surface area contributed by atoms with Crippen molar-refractivity contribution >= 4 is 28.3 Å². The minimum atomic E-state index is -0.555. The summed E-state index contributed by atoms with van der Waals surface area (Å²) in [5.41, 5.74) is 1.11. The molecule has 0 bridgehead atoms. The molecule has 7 heteroatoms. The van der Waals surface area contributed by atoms with Gasteiger partial charge in [0.15, 0.2) is 5.13 Å². The van der Waals surface area contributed by atoms with Crippen LogP contribution in [0.2, 0.25) is 0 Å². The first kappa shape index (κ1) is 36.4. The molecule has 0 saturated carbocycles. The van der Waals surface area contributed by atoms with Crippen LogP contribution in [0.5, 0.6) is 0 Å². The van der Waals surface area contributed by atoms with Gasteiger partial charge in [-0.25, -0.2) is 4.98 Å². The lowest BCUT2D eigenvalue weighted by Gasteiger charge is -2.21. The van der Waals surface area contributed by atoms with Crippen molar-refractivity contribution < 1.29 is 9.59 Å². The zero-order chi connectivity index (χ0) is 31.1. The van der Waals surface area contributed by atoms with E-state index < -0.39 is 6.04 Å². The fraction of sp³-hybridized carbons (Fsp3) is 0.583. The zero-order valence-corrected chi connectivity index (χ0v) is 27.9. The number of fused-ring (bicyclic) bond motifs is 1. The number of nitrogens with zero attached hydrogens (tertiary/aromatic N) is 1. The molecule has 2 amide bonds. The summed E-state index contributed by atoms with van der Waals surface area (Å²) in [4.78, 5) is 31.8. The first-order valence-corrected chi connectivity index (χ1v) is 17.3. The highest BCUT2D eigenvalue weighted by Crippen LogP contribution is 2.30. The number of hydrogen-bond acceptors (Lipinski definition) is 5. The Morgan fingerprint density at radius 2 is 1.56 bits per heavy atom. The van der Waals surface area contributed by atoms with Gasteiger partial charge in [-0.2, -0.15) is 0 Å². The number of hydrogen-bond donors (Lipinski definition) is 3. The third-order valence-corrected chi connectivity index (χ3v) is 8.18. The summed E-state index contributed by atoms with van der Waals surface area (Å²) in [5, 5.41) is 10.2. The standard InChI is InChI=1S/C36H56N4O2S/c1-5-7-8-9-10-11-12-13-14-15-16-17-18-19-20-21-22-23-34(41)38-32(27-29(3)4)35(42)40-36-39-31-25-24-30(37-26-6-2)28-33(31)43-36/h7-8,10-11,13-14,16-17,19-20,29-30,32,37H,5-6,9,12,15,18,21-28H2,1-4H3,(H,38,41)(H,39,40,42). The van der Waals surface area contributed by atoms with E-state index in [1.165, 1.54) is 4.88 Å². The number of nitrogens with one attached hydrogen (secondary N) is 3. The maximum atomic E-state index is 13.1. The highest BCUT2D eigenvalue weighted by molar-refractivity contribution is 7.15. The number of rotatable bonds is 21. The van der Waals surface area contributed by atoms with E-state index in [0.29, 0.717) is 24.0 Å². The zero-order valence-electron chi connectivity index (χ0n) is 27.1. The van der Waals surface area contributed by atoms with Crippen molar-refractivity contribution in [3.63, 3.8) is 0 Å². The molecule has 2 unspecified atom stereocenters. The van der Waals surface area contributed by atoms with Crippen LogP contribution in [-0.2, 0) is 22.4 Å². The maximum absolute atomic E-state index is 13.1. The van der Waals surface area contributed by atoms with Gasteiger partial charge in [0.05, 0.1) is 5.69 Å². The van der Waals surface area contributed by atoms with Gasteiger partial charge in [-0.05, 0) is 89.5 Å². The molecule has 0 saturated heterocycles. The Kier molecular flexibility index (Phi) is 19.2. The fourth-order valence-electron chi connectivity index (χ4n) is 4.86. The first-order chi connectivity index (χ1) is 20.9. The number of aromatic nitrogens is 1. The summed E-state index contributed by atoms with van der Waals surface area (Å²) in [6.07, 6.45) is 33.5. The molecule has 238 valence electrons. The predicted molar refractivity (Wildman–Crippen MR) is 185 cm³/mol. The van der Waals surface area contributed by atoms with E-state index >= 15 is 0 Å². The van der Waals surface area contributed by atoms with E-state index in [1.54, 1.807) is 11.3 Å². The topological polar surface area (TPSA) is 83.1 Å². The van der Waals surface area contributed by atoms with E-state index in [-0.39, 0.29) is 17.7 Å². The van der Waals surface area contributed by atoms with E-state index in [1.807, 2.05) is 0 Å². The smallest absolute Gasteiger partial charge is 0.248 e. The Hall–Kier alpha value is -2.77. The van der Waals surface area contributed by atoms with Gasteiger partial charge < -0.3 is 16.0 Å². The Bertz CT molecular complexity index is 1080. The molecular weight excluding hydrogens is 552 g/mol. The molecule has 1 aliphatic carbocycles. The number of allylic oxidation sites excluding steroid dienone is 10. The van der Waals surface area contributed by atoms with Crippen LogP contribution in [0.4, 0.5) is 5.13 Å². The van der Waals surface area contributed by atoms with Crippen LogP contribution in [0.15, 0.2) is 60.8 Å². The maximum Gasteiger partial charge on any atom is 0.248 e. The lowest BCUT2D eigenvalue weighted by atomic mass is 9.98. The van der Waals surface area contributed by atoms with Crippen LogP contribution in [0.25, 0.3) is 0 Å². The highest BCUT2D eigenvalue weighted by Gasteiger charge is 2.26. The van der Waals surface area contributed by atoms with Crippen LogP contribution in [0.3, 0.4) is 0 Å². The molecule has 6 nitrogen and oxygen atoms in total. The van der Waals surface area contributed by atoms with Crippen LogP contribution >= 0.6 is 11.3 Å². The second-order valence-electron chi connectivity index (χ2n) is 11.6. The minimum absolute atomic E-state index is 0.0728. The van der Waals surface area contributed by atoms with Crippen LogP contribution < -0.4 is 16.0 Å². The number of anilines is 1. The van der Waals surface area contributed by atoms with Gasteiger partial charge in [-0.3, -0.25) is 9.59 Å². The van der Waals surface area contributed by atoms with Crippen molar-refractivity contribution in [1.82, 2.24) is 15.6 Å². The molecule has 1 aromatic rings. The molecule has 0 spiro atoms. The summed E-state index contributed by atoms with van der Waals surface area (Å²) in [6.45, 7) is 9.50. The minimum Gasteiger partial charge on any atom is -0.344 e. The largest absolute Gasteiger partial charge is 0.344 e. The number of unbranched alkanes of at least 4 members (excludes halogenated alkanes) is 1. The summed E-state index contributed by atoms with van der Waals surface area (Å²) >= 11 is 1.57. The van der Waals surface area contributed by atoms with Crippen LogP contribution in [0, 0.1) is 5.92 Å². The molecule has 0 aliphatic heterocycles. The van der Waals surface area contributed by atoms with Gasteiger partial charge in [0, 0.05) is 17.3 Å². The molecule has 2 rings (SSSR count). The summed E-state index contributed by atoms with van der Waals surface area (Å²) in [5.74, 6) is 0.0373. The molecule has 1 heterocycles. The van der Waals surface area contributed by atoms with Gasteiger partial charge >= 0.3 is 0 Å². The van der Waals surface area contributed by atoms with E-state index in [9.17, 15) is 9.59 Å².